The number of fused-ring (bicyclic) bond motifs is 4. The van der Waals surface area contributed by atoms with Gasteiger partial charge in [-0.15, -0.1) is 0 Å². The van der Waals surface area contributed by atoms with E-state index in [-0.39, 0.29) is 5.41 Å². The van der Waals surface area contributed by atoms with Gasteiger partial charge in [-0.05, 0) is 79.4 Å². The van der Waals surface area contributed by atoms with E-state index in [0.717, 1.165) is 25.7 Å². The van der Waals surface area contributed by atoms with Crippen LogP contribution in [0.2, 0.25) is 0 Å². The molecule has 0 aromatic heterocycles. The lowest BCUT2D eigenvalue weighted by atomic mass is 9.55. The highest BCUT2D eigenvalue weighted by Crippen LogP contribution is 2.62. The highest BCUT2D eigenvalue weighted by atomic mass is 16.1. The standard InChI is InChI=1S/C21H28O2/c1-3-20(23)19-9-8-18-17-6-4-13-12-14(22)5-7-15(13)16(17)10-11-21(18,19)2/h12,17-19H,3-11H2,1-2H3/t17-,18+,19+,21+/m1/s1. The van der Waals surface area contributed by atoms with Gasteiger partial charge in [0.15, 0.2) is 5.78 Å². The predicted octanol–water partition coefficient (Wildman–Crippen LogP) is 4.79. The Morgan fingerprint density at radius 2 is 2.00 bits per heavy atom. The van der Waals surface area contributed by atoms with Crippen molar-refractivity contribution in [1.29, 1.82) is 0 Å². The van der Waals surface area contributed by atoms with E-state index in [9.17, 15) is 9.59 Å². The molecule has 0 aromatic carbocycles. The molecule has 0 bridgehead atoms. The second-order valence-corrected chi connectivity index (χ2v) is 8.35. The number of carbonyl (C=O) groups is 2. The molecule has 23 heavy (non-hydrogen) atoms. The molecule has 2 fully saturated rings. The molecule has 0 heterocycles. The minimum Gasteiger partial charge on any atom is -0.299 e. The minimum absolute atomic E-state index is 0.230. The summed E-state index contributed by atoms with van der Waals surface area (Å²) in [6.45, 7) is 4.42. The van der Waals surface area contributed by atoms with Gasteiger partial charge < -0.3 is 0 Å². The summed E-state index contributed by atoms with van der Waals surface area (Å²) in [5, 5.41) is 0. The first-order valence-electron chi connectivity index (χ1n) is 9.53. The molecule has 0 radical (unpaired) electrons. The first-order valence-corrected chi connectivity index (χ1v) is 9.53. The van der Waals surface area contributed by atoms with Gasteiger partial charge in [0.25, 0.3) is 0 Å². The van der Waals surface area contributed by atoms with E-state index in [0.29, 0.717) is 42.2 Å². The fraction of sp³-hybridized carbons (Fsp3) is 0.714. The Kier molecular flexibility index (Phi) is 3.62. The molecule has 124 valence electrons. The van der Waals surface area contributed by atoms with Gasteiger partial charge in [-0.1, -0.05) is 19.4 Å². The highest BCUT2D eigenvalue weighted by Gasteiger charge is 2.55. The number of allylic oxidation sites excluding steroid dienone is 4. The average molecular weight is 312 g/mol. The molecular weight excluding hydrogens is 284 g/mol. The predicted molar refractivity (Wildman–Crippen MR) is 90.9 cm³/mol. The highest BCUT2D eigenvalue weighted by molar-refractivity contribution is 5.93. The monoisotopic (exact) mass is 312 g/mol. The van der Waals surface area contributed by atoms with Crippen molar-refractivity contribution in [2.24, 2.45) is 23.2 Å². The lowest BCUT2D eigenvalue weighted by Gasteiger charge is -2.49. The molecule has 0 saturated heterocycles. The fourth-order valence-electron chi connectivity index (χ4n) is 6.31. The third-order valence-corrected chi connectivity index (χ3v) is 7.47. The lowest BCUT2D eigenvalue weighted by molar-refractivity contribution is -0.127. The lowest BCUT2D eigenvalue weighted by Crippen LogP contribution is -2.42. The summed E-state index contributed by atoms with van der Waals surface area (Å²) >= 11 is 0. The fourth-order valence-corrected chi connectivity index (χ4v) is 6.31. The van der Waals surface area contributed by atoms with Crippen molar-refractivity contribution in [2.75, 3.05) is 0 Å². The van der Waals surface area contributed by atoms with Crippen LogP contribution in [-0.4, -0.2) is 11.6 Å². The number of carbonyl (C=O) groups excluding carboxylic acids is 2. The molecule has 4 rings (SSSR count). The van der Waals surface area contributed by atoms with Crippen molar-refractivity contribution in [3.8, 4) is 0 Å². The molecule has 0 unspecified atom stereocenters. The molecule has 2 heteroatoms. The van der Waals surface area contributed by atoms with Crippen LogP contribution in [0.15, 0.2) is 22.8 Å². The molecule has 4 aliphatic rings. The Hall–Kier alpha value is -1.18. The summed E-state index contributed by atoms with van der Waals surface area (Å²) in [7, 11) is 0. The van der Waals surface area contributed by atoms with Crippen LogP contribution < -0.4 is 0 Å². The van der Waals surface area contributed by atoms with E-state index in [1.807, 2.05) is 13.0 Å². The summed E-state index contributed by atoms with van der Waals surface area (Å²) in [6, 6.07) is 0. The maximum Gasteiger partial charge on any atom is 0.156 e. The van der Waals surface area contributed by atoms with Crippen LogP contribution in [0.5, 0.6) is 0 Å². The Bertz CT molecular complexity index is 624. The minimum atomic E-state index is 0.230. The third kappa shape index (κ3) is 2.21. The van der Waals surface area contributed by atoms with Crippen molar-refractivity contribution in [1.82, 2.24) is 0 Å². The van der Waals surface area contributed by atoms with Crippen LogP contribution in [0.25, 0.3) is 0 Å². The molecule has 4 atom stereocenters. The number of hydrogen-bond acceptors (Lipinski definition) is 2. The Morgan fingerprint density at radius 1 is 1.17 bits per heavy atom. The van der Waals surface area contributed by atoms with Crippen LogP contribution in [0.1, 0.15) is 71.6 Å². The molecule has 2 saturated carbocycles. The van der Waals surface area contributed by atoms with Crippen molar-refractivity contribution in [3.05, 3.63) is 22.8 Å². The van der Waals surface area contributed by atoms with Gasteiger partial charge in [0.05, 0.1) is 0 Å². The summed E-state index contributed by atoms with van der Waals surface area (Å²) in [4.78, 5) is 24.2. The number of hydrogen-bond donors (Lipinski definition) is 0. The van der Waals surface area contributed by atoms with Crippen molar-refractivity contribution in [2.45, 2.75) is 71.6 Å². The zero-order chi connectivity index (χ0) is 16.2. The molecule has 0 amide bonds. The molecule has 0 aromatic rings. The molecule has 2 nitrogen and oxygen atoms in total. The first kappa shape index (κ1) is 15.4. The summed E-state index contributed by atoms with van der Waals surface area (Å²) in [6.07, 6.45) is 11.2. The van der Waals surface area contributed by atoms with E-state index in [2.05, 4.69) is 6.92 Å². The van der Waals surface area contributed by atoms with E-state index in [1.165, 1.54) is 30.4 Å². The van der Waals surface area contributed by atoms with Crippen LogP contribution >= 0.6 is 0 Å². The number of rotatable bonds is 2. The topological polar surface area (TPSA) is 34.1 Å². The Labute approximate surface area is 139 Å². The van der Waals surface area contributed by atoms with Gasteiger partial charge >= 0.3 is 0 Å². The van der Waals surface area contributed by atoms with E-state index in [1.54, 1.807) is 5.57 Å². The average Bonchev–Trinajstić information content (AvgIpc) is 2.90. The second kappa shape index (κ2) is 5.43. The van der Waals surface area contributed by atoms with E-state index < -0.39 is 0 Å². The quantitative estimate of drug-likeness (QED) is 0.735. The third-order valence-electron chi connectivity index (χ3n) is 7.47. The zero-order valence-electron chi connectivity index (χ0n) is 14.5. The largest absolute Gasteiger partial charge is 0.299 e. The van der Waals surface area contributed by atoms with Crippen LogP contribution in [0, 0.1) is 23.2 Å². The summed E-state index contributed by atoms with van der Waals surface area (Å²) in [5.41, 5.74) is 4.78. The Balaban J connectivity index is 1.69. The molecule has 4 aliphatic carbocycles. The number of Topliss-reactive ketones (excluding diaryl/α,β-unsaturated/α-hetero) is 1. The van der Waals surface area contributed by atoms with Gasteiger partial charge in [-0.3, -0.25) is 9.59 Å². The van der Waals surface area contributed by atoms with Crippen molar-refractivity contribution in [3.63, 3.8) is 0 Å². The smallest absolute Gasteiger partial charge is 0.156 e. The maximum atomic E-state index is 12.4. The zero-order valence-corrected chi connectivity index (χ0v) is 14.5. The SMILES string of the molecule is CCC(=O)[C@@H]1CC[C@H]2[C@@H]3CCC4=CC(=O)CCC4=C3CC[C@]12C. The second-order valence-electron chi connectivity index (χ2n) is 8.35. The first-order chi connectivity index (χ1) is 11.0. The van der Waals surface area contributed by atoms with E-state index >= 15 is 0 Å². The van der Waals surface area contributed by atoms with Gasteiger partial charge in [0, 0.05) is 18.8 Å². The van der Waals surface area contributed by atoms with Gasteiger partial charge in [-0.2, -0.15) is 0 Å². The van der Waals surface area contributed by atoms with Crippen molar-refractivity contribution < 1.29 is 9.59 Å². The van der Waals surface area contributed by atoms with Crippen LogP contribution in [-0.2, 0) is 9.59 Å². The van der Waals surface area contributed by atoms with Gasteiger partial charge in [0.1, 0.15) is 5.78 Å². The van der Waals surface area contributed by atoms with Gasteiger partial charge in [0.2, 0.25) is 0 Å². The molecule has 0 spiro atoms. The summed E-state index contributed by atoms with van der Waals surface area (Å²) < 4.78 is 0. The van der Waals surface area contributed by atoms with Crippen LogP contribution in [0.3, 0.4) is 0 Å². The van der Waals surface area contributed by atoms with Crippen LogP contribution in [0.4, 0.5) is 0 Å². The Morgan fingerprint density at radius 3 is 2.78 bits per heavy atom. The van der Waals surface area contributed by atoms with Gasteiger partial charge in [-0.25, -0.2) is 0 Å². The molecule has 0 aliphatic heterocycles. The summed E-state index contributed by atoms with van der Waals surface area (Å²) in [5.74, 6) is 2.49. The molecule has 0 N–H and O–H groups in total. The van der Waals surface area contributed by atoms with E-state index in [4.69, 9.17) is 0 Å². The maximum absolute atomic E-state index is 12.4. The van der Waals surface area contributed by atoms with Crippen molar-refractivity contribution >= 4 is 11.6 Å². The molecular formula is C21H28O2. The number of ketones is 2. The normalized spacial score (nSPS) is 39.5.